The Morgan fingerprint density at radius 2 is 2.16 bits per heavy atom. The SMILES string of the molecule is CN1CCC(C(C=O)c2cccc(C(F)(F)F)c2)C1. The van der Waals surface area contributed by atoms with Crippen LogP contribution in [0.5, 0.6) is 0 Å². The number of nitrogens with zero attached hydrogens (tertiary/aromatic N) is 1. The number of carbonyl (C=O) groups is 1. The van der Waals surface area contributed by atoms with Crippen molar-refractivity contribution in [2.45, 2.75) is 18.5 Å². The minimum Gasteiger partial charge on any atom is -0.306 e. The van der Waals surface area contributed by atoms with Gasteiger partial charge in [0.1, 0.15) is 6.29 Å². The van der Waals surface area contributed by atoms with Crippen molar-refractivity contribution in [2.24, 2.45) is 5.92 Å². The summed E-state index contributed by atoms with van der Waals surface area (Å²) in [6, 6.07) is 5.10. The van der Waals surface area contributed by atoms with Crippen molar-refractivity contribution in [2.75, 3.05) is 20.1 Å². The van der Waals surface area contributed by atoms with Crippen LogP contribution in [0.25, 0.3) is 0 Å². The number of likely N-dealkylation sites (tertiary alicyclic amines) is 1. The van der Waals surface area contributed by atoms with Crippen LogP contribution in [0, 0.1) is 5.92 Å². The largest absolute Gasteiger partial charge is 0.416 e. The number of alkyl halides is 3. The van der Waals surface area contributed by atoms with E-state index in [4.69, 9.17) is 0 Å². The summed E-state index contributed by atoms with van der Waals surface area (Å²) in [5.74, 6) is -0.349. The van der Waals surface area contributed by atoms with Crippen LogP contribution in [0.4, 0.5) is 13.2 Å². The first-order valence-electron chi connectivity index (χ1n) is 6.23. The van der Waals surface area contributed by atoms with Gasteiger partial charge in [-0.2, -0.15) is 13.2 Å². The van der Waals surface area contributed by atoms with Crippen LogP contribution in [-0.4, -0.2) is 31.3 Å². The molecule has 0 spiro atoms. The van der Waals surface area contributed by atoms with Gasteiger partial charge in [-0.15, -0.1) is 0 Å². The van der Waals surface area contributed by atoms with Crippen LogP contribution in [-0.2, 0) is 11.0 Å². The molecule has 2 rings (SSSR count). The maximum atomic E-state index is 12.7. The topological polar surface area (TPSA) is 20.3 Å². The molecule has 0 aliphatic carbocycles. The predicted octanol–water partition coefficient (Wildman–Crippen LogP) is 2.94. The summed E-state index contributed by atoms with van der Waals surface area (Å²) >= 11 is 0. The number of rotatable bonds is 3. The molecule has 2 atom stereocenters. The van der Waals surface area contributed by atoms with E-state index in [2.05, 4.69) is 4.90 Å². The van der Waals surface area contributed by atoms with Crippen molar-refractivity contribution in [3.63, 3.8) is 0 Å². The fourth-order valence-corrected chi connectivity index (χ4v) is 2.65. The second-order valence-electron chi connectivity index (χ2n) is 5.10. The van der Waals surface area contributed by atoms with Crippen molar-refractivity contribution in [3.05, 3.63) is 35.4 Å². The van der Waals surface area contributed by atoms with Crippen LogP contribution < -0.4 is 0 Å². The van der Waals surface area contributed by atoms with Gasteiger partial charge in [0.05, 0.1) is 5.56 Å². The van der Waals surface area contributed by atoms with E-state index in [1.807, 2.05) is 7.05 Å². The van der Waals surface area contributed by atoms with Gasteiger partial charge in [0.15, 0.2) is 0 Å². The molecule has 0 aromatic heterocycles. The van der Waals surface area contributed by atoms with Crippen molar-refractivity contribution < 1.29 is 18.0 Å². The highest BCUT2D eigenvalue weighted by atomic mass is 19.4. The molecule has 2 nitrogen and oxygen atoms in total. The quantitative estimate of drug-likeness (QED) is 0.788. The Kier molecular flexibility index (Phi) is 3.94. The smallest absolute Gasteiger partial charge is 0.306 e. The molecule has 0 bridgehead atoms. The molecular weight excluding hydrogens is 255 g/mol. The van der Waals surface area contributed by atoms with E-state index in [1.54, 1.807) is 6.07 Å². The molecule has 5 heteroatoms. The van der Waals surface area contributed by atoms with Gasteiger partial charge in [0, 0.05) is 12.5 Å². The highest BCUT2D eigenvalue weighted by Crippen LogP contribution is 2.34. The number of halogens is 3. The van der Waals surface area contributed by atoms with Crippen LogP contribution in [0.15, 0.2) is 24.3 Å². The van der Waals surface area contributed by atoms with E-state index in [-0.39, 0.29) is 5.92 Å². The number of hydrogen-bond donors (Lipinski definition) is 0. The Bertz CT molecular complexity index is 458. The molecular formula is C14H16F3NO. The zero-order chi connectivity index (χ0) is 14.0. The Labute approximate surface area is 110 Å². The number of carbonyl (C=O) groups excluding carboxylic acids is 1. The second kappa shape index (κ2) is 5.33. The van der Waals surface area contributed by atoms with Crippen molar-refractivity contribution >= 4 is 6.29 Å². The molecule has 19 heavy (non-hydrogen) atoms. The standard InChI is InChI=1S/C14H16F3NO/c1-18-6-5-11(8-18)13(9-19)10-3-2-4-12(7-10)14(15,16)17/h2-4,7,9,11,13H,5-6,8H2,1H3. The number of aldehydes is 1. The predicted molar refractivity (Wildman–Crippen MR) is 65.9 cm³/mol. The summed E-state index contributed by atoms with van der Waals surface area (Å²) in [5, 5.41) is 0. The minimum atomic E-state index is -4.37. The van der Waals surface area contributed by atoms with Crippen LogP contribution in [0.1, 0.15) is 23.5 Å². The third-order valence-corrected chi connectivity index (χ3v) is 3.68. The lowest BCUT2D eigenvalue weighted by Crippen LogP contribution is -2.20. The molecule has 1 aromatic rings. The molecule has 0 N–H and O–H groups in total. The summed E-state index contributed by atoms with van der Waals surface area (Å²) in [6.07, 6.45) is -2.74. The molecule has 104 valence electrons. The molecule has 1 heterocycles. The van der Waals surface area contributed by atoms with Crippen LogP contribution in [0.2, 0.25) is 0 Å². The summed E-state index contributed by atoms with van der Waals surface area (Å²) in [6.45, 7) is 1.63. The minimum absolute atomic E-state index is 0.103. The summed E-state index contributed by atoms with van der Waals surface area (Å²) in [5.41, 5.74) is -0.228. The molecule has 1 aromatic carbocycles. The van der Waals surface area contributed by atoms with E-state index in [0.29, 0.717) is 5.56 Å². The van der Waals surface area contributed by atoms with E-state index in [1.165, 1.54) is 6.07 Å². The molecule has 1 fully saturated rings. The van der Waals surface area contributed by atoms with Gasteiger partial charge in [-0.1, -0.05) is 18.2 Å². The first kappa shape index (κ1) is 14.1. The average Bonchev–Trinajstić information content (AvgIpc) is 2.76. The average molecular weight is 271 g/mol. The third kappa shape index (κ3) is 3.15. The highest BCUT2D eigenvalue weighted by Gasteiger charge is 2.33. The van der Waals surface area contributed by atoms with Gasteiger partial charge < -0.3 is 9.69 Å². The van der Waals surface area contributed by atoms with Crippen molar-refractivity contribution in [3.8, 4) is 0 Å². The summed E-state index contributed by atoms with van der Waals surface area (Å²) < 4.78 is 38.0. The molecule has 0 saturated carbocycles. The second-order valence-corrected chi connectivity index (χ2v) is 5.10. The molecule has 0 amide bonds. The van der Waals surface area contributed by atoms with E-state index in [0.717, 1.165) is 37.9 Å². The van der Waals surface area contributed by atoms with Crippen LogP contribution >= 0.6 is 0 Å². The maximum absolute atomic E-state index is 12.7. The van der Waals surface area contributed by atoms with Crippen molar-refractivity contribution in [1.29, 1.82) is 0 Å². The van der Waals surface area contributed by atoms with Gasteiger partial charge in [-0.3, -0.25) is 0 Å². The Morgan fingerprint density at radius 3 is 2.68 bits per heavy atom. The number of hydrogen-bond acceptors (Lipinski definition) is 2. The lowest BCUT2D eigenvalue weighted by molar-refractivity contribution is -0.137. The fourth-order valence-electron chi connectivity index (χ4n) is 2.65. The fraction of sp³-hybridized carbons (Fsp3) is 0.500. The molecule has 1 saturated heterocycles. The first-order chi connectivity index (χ1) is 8.91. The number of benzene rings is 1. The Morgan fingerprint density at radius 1 is 1.42 bits per heavy atom. The van der Waals surface area contributed by atoms with Gasteiger partial charge in [-0.05, 0) is 37.6 Å². The molecule has 2 unspecified atom stereocenters. The molecule has 1 aliphatic rings. The van der Waals surface area contributed by atoms with Gasteiger partial charge >= 0.3 is 6.18 Å². The summed E-state index contributed by atoms with van der Waals surface area (Å²) in [7, 11) is 1.95. The lowest BCUT2D eigenvalue weighted by Gasteiger charge is -2.19. The van der Waals surface area contributed by atoms with Gasteiger partial charge in [0.25, 0.3) is 0 Å². The normalized spacial score (nSPS) is 22.4. The summed E-state index contributed by atoms with van der Waals surface area (Å²) in [4.78, 5) is 13.4. The monoisotopic (exact) mass is 271 g/mol. The van der Waals surface area contributed by atoms with Gasteiger partial charge in [0.2, 0.25) is 0 Å². The Balaban J connectivity index is 2.26. The van der Waals surface area contributed by atoms with E-state index < -0.39 is 17.7 Å². The zero-order valence-electron chi connectivity index (χ0n) is 10.7. The van der Waals surface area contributed by atoms with Crippen LogP contribution in [0.3, 0.4) is 0 Å². The zero-order valence-corrected chi connectivity index (χ0v) is 10.7. The highest BCUT2D eigenvalue weighted by molar-refractivity contribution is 5.63. The lowest BCUT2D eigenvalue weighted by atomic mass is 9.86. The molecule has 0 radical (unpaired) electrons. The molecule has 1 aliphatic heterocycles. The van der Waals surface area contributed by atoms with Crippen molar-refractivity contribution in [1.82, 2.24) is 4.90 Å². The van der Waals surface area contributed by atoms with Gasteiger partial charge in [-0.25, -0.2) is 0 Å². The third-order valence-electron chi connectivity index (χ3n) is 3.68. The van der Waals surface area contributed by atoms with E-state index in [9.17, 15) is 18.0 Å². The maximum Gasteiger partial charge on any atom is 0.416 e. The Hall–Kier alpha value is -1.36. The van der Waals surface area contributed by atoms with E-state index >= 15 is 0 Å². The first-order valence-corrected chi connectivity index (χ1v) is 6.23.